The summed E-state index contributed by atoms with van der Waals surface area (Å²) in [6.45, 7) is 3.21. The molecule has 2 aliphatic heterocycles. The fraction of sp³-hybridized carbons (Fsp3) is 0.448. The number of nitrogens with zero attached hydrogens (tertiary/aromatic N) is 1. The first-order chi connectivity index (χ1) is 18.7. The van der Waals surface area contributed by atoms with Crippen molar-refractivity contribution in [2.75, 3.05) is 33.9 Å². The van der Waals surface area contributed by atoms with Gasteiger partial charge in [0.15, 0.2) is 5.78 Å². The SMILES string of the molecule is COc1ccc(C[C@H](NC(=O)[C@H](C)NC(=O)C2CN(C)C2)C(=O)N[C@@H](Cc2ccccc2)C(=O)[C@H]2CO2)cc1. The third-order valence-corrected chi connectivity index (χ3v) is 7.01. The third kappa shape index (κ3) is 7.87. The maximum absolute atomic E-state index is 13.6. The molecule has 0 spiro atoms. The van der Waals surface area contributed by atoms with Gasteiger partial charge in [-0.05, 0) is 43.7 Å². The van der Waals surface area contributed by atoms with Crippen LogP contribution >= 0.6 is 0 Å². The Morgan fingerprint density at radius 1 is 0.897 bits per heavy atom. The minimum Gasteiger partial charge on any atom is -0.497 e. The van der Waals surface area contributed by atoms with Gasteiger partial charge in [-0.15, -0.1) is 0 Å². The molecule has 2 aromatic rings. The summed E-state index contributed by atoms with van der Waals surface area (Å²) in [6, 6.07) is 14.0. The summed E-state index contributed by atoms with van der Waals surface area (Å²) in [5, 5.41) is 8.38. The highest BCUT2D eigenvalue weighted by atomic mass is 16.6. The number of benzene rings is 2. The summed E-state index contributed by atoms with van der Waals surface area (Å²) < 4.78 is 10.4. The Kier molecular flexibility index (Phi) is 9.32. The molecule has 2 saturated heterocycles. The maximum atomic E-state index is 13.6. The number of ketones is 1. The molecule has 2 aliphatic rings. The van der Waals surface area contributed by atoms with Crippen LogP contribution in [0.3, 0.4) is 0 Å². The zero-order valence-corrected chi connectivity index (χ0v) is 22.5. The number of nitrogens with one attached hydrogen (secondary N) is 3. The van der Waals surface area contributed by atoms with Gasteiger partial charge < -0.3 is 30.3 Å². The lowest BCUT2D eigenvalue weighted by Crippen LogP contribution is -2.58. The number of ether oxygens (including phenoxy) is 2. The molecule has 0 unspecified atom stereocenters. The molecule has 3 N–H and O–H groups in total. The lowest BCUT2D eigenvalue weighted by Gasteiger charge is -2.35. The Labute approximate surface area is 228 Å². The zero-order valence-electron chi connectivity index (χ0n) is 22.5. The monoisotopic (exact) mass is 536 g/mol. The van der Waals surface area contributed by atoms with Crippen LogP contribution in [0.1, 0.15) is 18.1 Å². The summed E-state index contributed by atoms with van der Waals surface area (Å²) in [7, 11) is 3.49. The first kappa shape index (κ1) is 28.3. The number of epoxide rings is 1. The van der Waals surface area contributed by atoms with Crippen molar-refractivity contribution in [1.29, 1.82) is 0 Å². The maximum Gasteiger partial charge on any atom is 0.243 e. The van der Waals surface area contributed by atoms with Crippen molar-refractivity contribution in [3.05, 3.63) is 65.7 Å². The fourth-order valence-electron chi connectivity index (χ4n) is 4.55. The fourth-order valence-corrected chi connectivity index (χ4v) is 4.55. The number of carbonyl (C=O) groups excluding carboxylic acids is 4. The summed E-state index contributed by atoms with van der Waals surface area (Å²) >= 11 is 0. The van der Waals surface area contributed by atoms with Gasteiger partial charge in [-0.25, -0.2) is 0 Å². The Morgan fingerprint density at radius 2 is 1.49 bits per heavy atom. The van der Waals surface area contributed by atoms with Crippen LogP contribution in [0, 0.1) is 5.92 Å². The molecule has 2 fully saturated rings. The molecule has 2 aromatic carbocycles. The predicted octanol–water partition coefficient (Wildman–Crippen LogP) is 0.484. The molecular formula is C29H36N4O6. The van der Waals surface area contributed by atoms with Crippen LogP contribution in [0.25, 0.3) is 0 Å². The number of rotatable bonds is 13. The predicted molar refractivity (Wildman–Crippen MR) is 144 cm³/mol. The summed E-state index contributed by atoms with van der Waals surface area (Å²) in [5.41, 5.74) is 1.69. The number of amides is 3. The van der Waals surface area contributed by atoms with E-state index in [0.717, 1.165) is 11.1 Å². The van der Waals surface area contributed by atoms with E-state index in [4.69, 9.17) is 9.47 Å². The average Bonchev–Trinajstić information content (AvgIpc) is 3.76. The van der Waals surface area contributed by atoms with E-state index in [1.54, 1.807) is 26.2 Å². The lowest BCUT2D eigenvalue weighted by atomic mass is 9.99. The number of Topliss-reactive ketones (excluding diaryl/α,β-unsaturated/α-hetero) is 1. The number of carbonyl (C=O) groups is 4. The van der Waals surface area contributed by atoms with Gasteiger partial charge in [0, 0.05) is 19.5 Å². The van der Waals surface area contributed by atoms with Crippen molar-refractivity contribution >= 4 is 23.5 Å². The van der Waals surface area contributed by atoms with Gasteiger partial charge in [0.2, 0.25) is 17.7 Å². The average molecular weight is 537 g/mol. The molecule has 208 valence electrons. The van der Waals surface area contributed by atoms with Crippen LogP contribution < -0.4 is 20.7 Å². The van der Waals surface area contributed by atoms with Gasteiger partial charge in [-0.1, -0.05) is 42.5 Å². The molecule has 10 nitrogen and oxygen atoms in total. The second-order valence-corrected chi connectivity index (χ2v) is 10.2. The van der Waals surface area contributed by atoms with Gasteiger partial charge in [0.1, 0.15) is 23.9 Å². The molecular weight excluding hydrogens is 500 g/mol. The highest BCUT2D eigenvalue weighted by Gasteiger charge is 2.38. The molecule has 4 atom stereocenters. The Bertz CT molecular complexity index is 1160. The van der Waals surface area contributed by atoms with Crippen LogP contribution in [0.15, 0.2) is 54.6 Å². The molecule has 0 radical (unpaired) electrons. The van der Waals surface area contributed by atoms with Gasteiger partial charge in [0.05, 0.1) is 25.7 Å². The number of methoxy groups -OCH3 is 1. The van der Waals surface area contributed by atoms with E-state index in [1.807, 2.05) is 54.4 Å². The van der Waals surface area contributed by atoms with Crippen LogP contribution in [0.4, 0.5) is 0 Å². The second-order valence-electron chi connectivity index (χ2n) is 10.2. The van der Waals surface area contributed by atoms with E-state index in [0.29, 0.717) is 31.9 Å². The van der Waals surface area contributed by atoms with Crippen LogP contribution in [-0.2, 0) is 36.8 Å². The first-order valence-corrected chi connectivity index (χ1v) is 13.2. The highest BCUT2D eigenvalue weighted by Crippen LogP contribution is 2.17. The first-order valence-electron chi connectivity index (χ1n) is 13.2. The van der Waals surface area contributed by atoms with Gasteiger partial charge in [0.25, 0.3) is 0 Å². The summed E-state index contributed by atoms with van der Waals surface area (Å²) in [5.74, 6) is -0.857. The van der Waals surface area contributed by atoms with Crippen molar-refractivity contribution in [1.82, 2.24) is 20.9 Å². The van der Waals surface area contributed by atoms with E-state index in [2.05, 4.69) is 16.0 Å². The second kappa shape index (κ2) is 12.9. The molecule has 0 aromatic heterocycles. The summed E-state index contributed by atoms with van der Waals surface area (Å²) in [4.78, 5) is 54.1. The molecule has 0 saturated carbocycles. The summed E-state index contributed by atoms with van der Waals surface area (Å²) in [6.07, 6.45) is -0.0482. The topological polar surface area (TPSA) is 129 Å². The van der Waals surface area contributed by atoms with Crippen LogP contribution in [0.5, 0.6) is 5.75 Å². The molecule has 0 aliphatic carbocycles. The van der Waals surface area contributed by atoms with Crippen LogP contribution in [-0.4, -0.2) is 86.5 Å². The van der Waals surface area contributed by atoms with Crippen molar-refractivity contribution in [2.24, 2.45) is 5.92 Å². The van der Waals surface area contributed by atoms with Gasteiger partial charge in [-0.3, -0.25) is 19.2 Å². The third-order valence-electron chi connectivity index (χ3n) is 7.01. The largest absolute Gasteiger partial charge is 0.497 e. The quantitative estimate of drug-likeness (QED) is 0.318. The molecule has 10 heteroatoms. The van der Waals surface area contributed by atoms with E-state index in [-0.39, 0.29) is 24.0 Å². The number of hydrogen-bond donors (Lipinski definition) is 3. The van der Waals surface area contributed by atoms with E-state index < -0.39 is 36.0 Å². The van der Waals surface area contributed by atoms with E-state index in [9.17, 15) is 19.2 Å². The van der Waals surface area contributed by atoms with Crippen molar-refractivity contribution in [2.45, 2.75) is 44.0 Å². The van der Waals surface area contributed by atoms with E-state index >= 15 is 0 Å². The van der Waals surface area contributed by atoms with Crippen molar-refractivity contribution < 1.29 is 28.7 Å². The minimum absolute atomic E-state index is 0.155. The molecule has 39 heavy (non-hydrogen) atoms. The Hall–Kier alpha value is -3.76. The molecule has 3 amide bonds. The van der Waals surface area contributed by atoms with Crippen molar-refractivity contribution in [3.63, 3.8) is 0 Å². The standard InChI is InChI=1S/C29H36N4O6/c1-18(30-28(36)21-15-33(2)16-21)27(35)32-24(14-20-9-11-22(38-3)12-10-20)29(37)31-23(26(34)25-17-39-25)13-19-7-5-4-6-8-19/h4-12,18,21,23-25H,13-17H2,1-3H3,(H,30,36)(H,31,37)(H,32,35)/t18-,23-,24-,25+/m0/s1. The van der Waals surface area contributed by atoms with Crippen molar-refractivity contribution in [3.8, 4) is 5.75 Å². The number of hydrogen-bond acceptors (Lipinski definition) is 7. The zero-order chi connectivity index (χ0) is 27.9. The number of likely N-dealkylation sites (tertiary alicyclic amines) is 1. The van der Waals surface area contributed by atoms with Gasteiger partial charge >= 0.3 is 0 Å². The normalized spacial score (nSPS) is 19.1. The Balaban J connectivity index is 1.47. The van der Waals surface area contributed by atoms with E-state index in [1.165, 1.54) is 0 Å². The highest BCUT2D eigenvalue weighted by molar-refractivity contribution is 5.96. The molecule has 2 heterocycles. The smallest absolute Gasteiger partial charge is 0.243 e. The minimum atomic E-state index is -0.980. The van der Waals surface area contributed by atoms with Crippen LogP contribution in [0.2, 0.25) is 0 Å². The molecule has 0 bridgehead atoms. The lowest BCUT2D eigenvalue weighted by molar-refractivity contribution is -0.135. The Morgan fingerprint density at radius 3 is 2.08 bits per heavy atom. The van der Waals surface area contributed by atoms with Gasteiger partial charge in [-0.2, -0.15) is 0 Å². The molecule has 4 rings (SSSR count).